The molecule has 3 atom stereocenters. The van der Waals surface area contributed by atoms with E-state index in [4.69, 9.17) is 9.47 Å². The summed E-state index contributed by atoms with van der Waals surface area (Å²) in [4.78, 5) is 21.4. The molecule has 1 aromatic carbocycles. The molecule has 0 spiro atoms. The minimum absolute atomic E-state index is 0.0146. The van der Waals surface area contributed by atoms with Gasteiger partial charge in [0, 0.05) is 51.7 Å². The second-order valence-electron chi connectivity index (χ2n) is 9.53. The number of aromatic nitrogens is 1. The molecule has 0 radical (unpaired) electrons. The monoisotopic (exact) mass is 558 g/mol. The molecular weight excluding hydrogens is 525 g/mol. The van der Waals surface area contributed by atoms with E-state index in [-0.39, 0.29) is 48.2 Å². The van der Waals surface area contributed by atoms with Crippen LogP contribution in [0.2, 0.25) is 0 Å². The van der Waals surface area contributed by atoms with Gasteiger partial charge in [-0.1, -0.05) is 13.0 Å². The zero-order valence-corrected chi connectivity index (χ0v) is 22.6. The van der Waals surface area contributed by atoms with Crippen molar-refractivity contribution in [3.05, 3.63) is 53.9 Å². The molecule has 0 fully saturated rings. The summed E-state index contributed by atoms with van der Waals surface area (Å²) in [5.41, 5.74) is 0.731. The molecule has 0 bridgehead atoms. The van der Waals surface area contributed by atoms with Gasteiger partial charge >= 0.3 is 6.18 Å². The van der Waals surface area contributed by atoms with Gasteiger partial charge in [-0.3, -0.25) is 19.4 Å². The molecule has 2 heterocycles. The summed E-state index contributed by atoms with van der Waals surface area (Å²) in [6.07, 6.45) is -3.50. The molecular formula is C25H33F3N4O5S. The molecule has 1 aromatic heterocycles. The van der Waals surface area contributed by atoms with Crippen molar-refractivity contribution in [1.29, 1.82) is 0 Å². The number of carbonyl (C=O) groups is 1. The maximum atomic E-state index is 13.4. The highest BCUT2D eigenvalue weighted by molar-refractivity contribution is 7.92. The molecule has 1 aliphatic heterocycles. The number of nitrogens with zero attached hydrogens (tertiary/aromatic N) is 3. The van der Waals surface area contributed by atoms with Crippen LogP contribution in [-0.4, -0.2) is 87.0 Å². The van der Waals surface area contributed by atoms with Crippen molar-refractivity contribution in [2.24, 2.45) is 5.92 Å². The van der Waals surface area contributed by atoms with Gasteiger partial charge in [0.2, 0.25) is 10.0 Å². The molecule has 3 rings (SSSR count). The fraction of sp³-hybridized carbons (Fsp3) is 0.520. The topological polar surface area (TPSA) is 101 Å². The number of likely N-dealkylation sites (N-methyl/N-ethyl adjacent to an activating group) is 1. The number of hydrogen-bond donors (Lipinski definition) is 1. The van der Waals surface area contributed by atoms with Crippen molar-refractivity contribution in [3.63, 3.8) is 0 Å². The number of rotatable bonds is 6. The van der Waals surface area contributed by atoms with Crippen molar-refractivity contribution >= 4 is 21.6 Å². The average Bonchev–Trinajstić information content (AvgIpc) is 2.83. The molecule has 9 nitrogen and oxygen atoms in total. The zero-order chi connectivity index (χ0) is 28.1. The number of anilines is 1. The fourth-order valence-corrected chi connectivity index (χ4v) is 5.26. The van der Waals surface area contributed by atoms with Crippen LogP contribution in [0.3, 0.4) is 0 Å². The maximum Gasteiger partial charge on any atom is 0.404 e. The molecule has 1 amide bonds. The molecule has 1 aliphatic rings. The zero-order valence-electron chi connectivity index (χ0n) is 21.7. The van der Waals surface area contributed by atoms with Crippen LogP contribution in [0.5, 0.6) is 5.75 Å². The van der Waals surface area contributed by atoms with E-state index in [1.165, 1.54) is 23.1 Å². The van der Waals surface area contributed by atoms with E-state index >= 15 is 0 Å². The van der Waals surface area contributed by atoms with Gasteiger partial charge in [-0.25, -0.2) is 8.42 Å². The van der Waals surface area contributed by atoms with E-state index in [1.54, 1.807) is 20.4 Å². The molecule has 0 aliphatic carbocycles. The Hall–Kier alpha value is -2.90. The van der Waals surface area contributed by atoms with E-state index in [9.17, 15) is 26.4 Å². The normalized spacial score (nSPS) is 22.1. The lowest BCUT2D eigenvalue weighted by Gasteiger charge is -2.35. The van der Waals surface area contributed by atoms with Gasteiger partial charge in [0.15, 0.2) is 5.75 Å². The minimum Gasteiger partial charge on any atom is -0.491 e. The van der Waals surface area contributed by atoms with Gasteiger partial charge in [0.25, 0.3) is 5.91 Å². The highest BCUT2D eigenvalue weighted by atomic mass is 32.2. The van der Waals surface area contributed by atoms with Crippen molar-refractivity contribution in [3.8, 4) is 5.75 Å². The average molecular weight is 559 g/mol. The Morgan fingerprint density at radius 1 is 1.18 bits per heavy atom. The second-order valence-corrected chi connectivity index (χ2v) is 11.3. The van der Waals surface area contributed by atoms with Gasteiger partial charge in [-0.05, 0) is 43.2 Å². The first-order chi connectivity index (χ1) is 17.8. The summed E-state index contributed by atoms with van der Waals surface area (Å²) in [6.45, 7) is 5.64. The first kappa shape index (κ1) is 29.7. The van der Waals surface area contributed by atoms with Crippen LogP contribution in [0.25, 0.3) is 0 Å². The van der Waals surface area contributed by atoms with Gasteiger partial charge in [0.1, 0.15) is 12.4 Å². The van der Waals surface area contributed by atoms with Gasteiger partial charge < -0.3 is 14.4 Å². The molecule has 0 saturated carbocycles. The van der Waals surface area contributed by atoms with Crippen LogP contribution in [0.15, 0.2) is 42.6 Å². The van der Waals surface area contributed by atoms with Crippen molar-refractivity contribution in [2.75, 3.05) is 44.3 Å². The molecule has 38 heavy (non-hydrogen) atoms. The Labute approximate surface area is 221 Å². The first-order valence-corrected chi connectivity index (χ1v) is 13.7. The number of hydrogen-bond acceptors (Lipinski definition) is 7. The van der Waals surface area contributed by atoms with Crippen molar-refractivity contribution in [1.82, 2.24) is 14.8 Å². The van der Waals surface area contributed by atoms with Crippen LogP contribution in [0, 0.1) is 5.92 Å². The Balaban J connectivity index is 1.94. The van der Waals surface area contributed by atoms with E-state index in [2.05, 4.69) is 9.88 Å². The third-order valence-corrected chi connectivity index (χ3v) is 7.55. The Morgan fingerprint density at radius 2 is 1.92 bits per heavy atom. The van der Waals surface area contributed by atoms with Crippen LogP contribution < -0.4 is 9.46 Å². The highest BCUT2D eigenvalue weighted by Gasteiger charge is 2.35. The Kier molecular flexibility index (Phi) is 9.60. The predicted molar refractivity (Wildman–Crippen MR) is 136 cm³/mol. The third kappa shape index (κ3) is 8.30. The summed E-state index contributed by atoms with van der Waals surface area (Å²) in [5, 5.41) is 0. The standard InChI is InChI=1S/C25H33F3N4O5S/c1-17-12-32(13-20-7-5-6-10-29-20)18(2)15-37-22-9-8-19(30-38(34,35)16-25(26,27)28)11-21(22)24(33)31(3)14-23(17)36-4/h5-11,17-18,23,30H,12-16H2,1-4H3/t17-,18-,23+/m1/s1. The smallest absolute Gasteiger partial charge is 0.404 e. The lowest BCUT2D eigenvalue weighted by Crippen LogP contribution is -2.46. The number of nitrogens with one attached hydrogen (secondary N) is 1. The SMILES string of the molecule is CO[C@H]1CN(C)C(=O)c2cc(NS(=O)(=O)CC(F)(F)F)ccc2OC[C@@H](C)N(Cc2ccccn2)C[C@H]1C. The van der Waals surface area contributed by atoms with Crippen LogP contribution in [0.1, 0.15) is 29.9 Å². The van der Waals surface area contributed by atoms with Crippen LogP contribution in [0.4, 0.5) is 18.9 Å². The van der Waals surface area contributed by atoms with Crippen LogP contribution in [-0.2, 0) is 21.3 Å². The van der Waals surface area contributed by atoms with E-state index < -0.39 is 27.9 Å². The maximum absolute atomic E-state index is 13.4. The molecule has 13 heteroatoms. The molecule has 0 saturated heterocycles. The second kappa shape index (κ2) is 12.3. The van der Waals surface area contributed by atoms with E-state index in [0.717, 1.165) is 5.69 Å². The predicted octanol–water partition coefficient (Wildman–Crippen LogP) is 3.39. The number of fused-ring (bicyclic) bond motifs is 1. The Morgan fingerprint density at radius 3 is 2.55 bits per heavy atom. The molecule has 1 N–H and O–H groups in total. The number of ether oxygens (including phenoxy) is 2. The number of amides is 1. The van der Waals surface area contributed by atoms with E-state index in [0.29, 0.717) is 13.1 Å². The summed E-state index contributed by atoms with van der Waals surface area (Å²) < 4.78 is 75.7. The summed E-state index contributed by atoms with van der Waals surface area (Å²) in [6, 6.07) is 9.42. The number of halogens is 3. The number of pyridine rings is 1. The van der Waals surface area contributed by atoms with Crippen molar-refractivity contribution < 1.29 is 35.9 Å². The molecule has 0 unspecified atom stereocenters. The fourth-order valence-electron chi connectivity index (χ4n) is 4.27. The number of sulfonamides is 1. The minimum atomic E-state index is -4.91. The quantitative estimate of drug-likeness (QED) is 0.580. The van der Waals surface area contributed by atoms with Crippen LogP contribution >= 0.6 is 0 Å². The van der Waals surface area contributed by atoms with Gasteiger partial charge in [-0.15, -0.1) is 0 Å². The lowest BCUT2D eigenvalue weighted by atomic mass is 10.0. The Bertz CT molecular complexity index is 1200. The summed E-state index contributed by atoms with van der Waals surface area (Å²) in [7, 11) is -1.58. The first-order valence-electron chi connectivity index (χ1n) is 12.0. The van der Waals surface area contributed by atoms with Crippen molar-refractivity contribution in [2.45, 2.75) is 38.7 Å². The number of carbonyl (C=O) groups excluding carboxylic acids is 1. The van der Waals surface area contributed by atoms with Gasteiger partial charge in [-0.2, -0.15) is 13.2 Å². The lowest BCUT2D eigenvalue weighted by molar-refractivity contribution is -0.106. The van der Waals surface area contributed by atoms with E-state index in [1.807, 2.05) is 36.8 Å². The molecule has 2 aromatic rings. The number of alkyl halides is 3. The molecule has 210 valence electrons. The number of methoxy groups -OCH3 is 1. The largest absolute Gasteiger partial charge is 0.491 e. The summed E-state index contributed by atoms with van der Waals surface area (Å²) in [5.74, 6) is -2.32. The summed E-state index contributed by atoms with van der Waals surface area (Å²) >= 11 is 0. The third-order valence-electron chi connectivity index (χ3n) is 6.29. The highest BCUT2D eigenvalue weighted by Crippen LogP contribution is 2.28. The number of benzene rings is 1. The van der Waals surface area contributed by atoms with Gasteiger partial charge in [0.05, 0.1) is 17.4 Å².